The van der Waals surface area contributed by atoms with Gasteiger partial charge in [-0.15, -0.1) is 0 Å². The summed E-state index contributed by atoms with van der Waals surface area (Å²) in [6.07, 6.45) is 2.89. The predicted octanol–water partition coefficient (Wildman–Crippen LogP) is 4.22. The number of hydrogen-bond donors (Lipinski definition) is 0. The first kappa shape index (κ1) is 18.4. The number of aryl methyl sites for hydroxylation is 1. The Morgan fingerprint density at radius 2 is 1.38 bits per heavy atom. The van der Waals surface area contributed by atoms with Gasteiger partial charge in [-0.3, -0.25) is 0 Å². The monoisotopic (exact) mass is 410 g/mol. The van der Waals surface area contributed by atoms with Gasteiger partial charge in [-0.05, 0) is 0 Å². The van der Waals surface area contributed by atoms with Crippen molar-refractivity contribution in [1.82, 2.24) is 0 Å². The molecule has 26 heavy (non-hydrogen) atoms. The Bertz CT molecular complexity index is 788. The third kappa shape index (κ3) is 5.87. The second kappa shape index (κ2) is 9.96. The van der Waals surface area contributed by atoms with Crippen LogP contribution < -0.4 is 4.46 Å². The zero-order valence-corrected chi connectivity index (χ0v) is 16.3. The number of benzene rings is 3. The van der Waals surface area contributed by atoms with Crippen molar-refractivity contribution in [3.8, 4) is 0 Å². The van der Waals surface area contributed by atoms with Crippen LogP contribution in [0, 0.1) is 0 Å². The summed E-state index contributed by atoms with van der Waals surface area (Å²) in [5.74, 6) is -0.229. The Morgan fingerprint density at radius 3 is 2.04 bits per heavy atom. The number of ether oxygens (including phenoxy) is 1. The molecule has 0 bridgehead atoms. The van der Waals surface area contributed by atoms with Gasteiger partial charge in [0.2, 0.25) is 0 Å². The van der Waals surface area contributed by atoms with Crippen LogP contribution in [-0.4, -0.2) is 25.9 Å². The van der Waals surface area contributed by atoms with Crippen molar-refractivity contribution in [2.45, 2.75) is 24.3 Å². The van der Waals surface area contributed by atoms with Gasteiger partial charge < -0.3 is 0 Å². The maximum absolute atomic E-state index is 12.5. The Labute approximate surface area is 161 Å². The Morgan fingerprint density at radius 1 is 0.808 bits per heavy atom. The van der Waals surface area contributed by atoms with E-state index in [0.717, 1.165) is 19.3 Å². The number of carbonyl (C=O) groups is 1. The number of rotatable bonds is 8. The summed E-state index contributed by atoms with van der Waals surface area (Å²) in [5, 5.41) is -0.0543. The first-order chi connectivity index (χ1) is 12.8. The molecule has 0 aliphatic heterocycles. The van der Waals surface area contributed by atoms with Gasteiger partial charge in [-0.2, -0.15) is 0 Å². The zero-order chi connectivity index (χ0) is 18.0. The van der Waals surface area contributed by atoms with Crippen molar-refractivity contribution in [2.75, 3.05) is 0 Å². The van der Waals surface area contributed by atoms with Crippen molar-refractivity contribution in [1.29, 1.82) is 0 Å². The molecule has 0 aliphatic rings. The van der Waals surface area contributed by atoms with Crippen LogP contribution in [0.2, 0.25) is 0 Å². The van der Waals surface area contributed by atoms with Crippen LogP contribution >= 0.6 is 0 Å². The van der Waals surface area contributed by atoms with Gasteiger partial charge in [-0.25, -0.2) is 0 Å². The van der Waals surface area contributed by atoms with Crippen molar-refractivity contribution in [2.24, 2.45) is 0 Å². The first-order valence-corrected chi connectivity index (χ1v) is 10.7. The summed E-state index contributed by atoms with van der Waals surface area (Å²) >= 11 is 0.0996. The fourth-order valence-corrected chi connectivity index (χ4v) is 4.85. The molecule has 0 aromatic heterocycles. The molecule has 0 N–H and O–H groups in total. The molecule has 0 saturated carbocycles. The van der Waals surface area contributed by atoms with Crippen LogP contribution in [0.15, 0.2) is 91.0 Å². The summed E-state index contributed by atoms with van der Waals surface area (Å²) in [7, 11) is 0. The Balaban J connectivity index is 1.62. The molecule has 132 valence electrons. The van der Waals surface area contributed by atoms with E-state index in [2.05, 4.69) is 36.4 Å². The van der Waals surface area contributed by atoms with Crippen molar-refractivity contribution < 1.29 is 9.53 Å². The van der Waals surface area contributed by atoms with Crippen LogP contribution in [0.1, 0.15) is 28.8 Å². The van der Waals surface area contributed by atoms with Gasteiger partial charge in [0.05, 0.1) is 0 Å². The number of esters is 1. The molecule has 0 amide bonds. The van der Waals surface area contributed by atoms with E-state index < -0.39 is 0 Å². The fraction of sp³-hybridized carbons (Fsp3) is 0.174. The van der Waals surface area contributed by atoms with Gasteiger partial charge in [0.15, 0.2) is 0 Å². The predicted molar refractivity (Wildman–Crippen MR) is 107 cm³/mol. The summed E-state index contributed by atoms with van der Waals surface area (Å²) in [6, 6.07) is 30.0. The van der Waals surface area contributed by atoms with E-state index in [0.29, 0.717) is 5.56 Å². The van der Waals surface area contributed by atoms with Gasteiger partial charge in [0.1, 0.15) is 0 Å². The van der Waals surface area contributed by atoms with E-state index in [-0.39, 0.29) is 25.9 Å². The quantitative estimate of drug-likeness (QED) is 0.411. The van der Waals surface area contributed by atoms with E-state index in [1.165, 1.54) is 10.0 Å². The minimum absolute atomic E-state index is 0.0543. The third-order valence-electron chi connectivity index (χ3n) is 4.01. The summed E-state index contributed by atoms with van der Waals surface area (Å²) in [4.78, 5) is 12.5. The molecule has 0 radical (unpaired) electrons. The van der Waals surface area contributed by atoms with Crippen LogP contribution in [0.3, 0.4) is 0 Å². The maximum atomic E-state index is 12.5. The molecule has 3 rings (SSSR count). The SMILES string of the molecule is O=C(OC(CCCc1ccccc1)[Se]c1ccccc1)c1ccccc1. The normalized spacial score (nSPS) is 11.7. The third-order valence-corrected chi connectivity index (χ3v) is 6.40. The van der Waals surface area contributed by atoms with Crippen LogP contribution in [0.4, 0.5) is 0 Å². The average molecular weight is 409 g/mol. The van der Waals surface area contributed by atoms with E-state index >= 15 is 0 Å². The molecule has 1 unspecified atom stereocenters. The average Bonchev–Trinajstić information content (AvgIpc) is 2.70. The van der Waals surface area contributed by atoms with E-state index in [1.54, 1.807) is 12.1 Å². The van der Waals surface area contributed by atoms with Gasteiger partial charge in [0.25, 0.3) is 0 Å². The van der Waals surface area contributed by atoms with Crippen molar-refractivity contribution in [3.05, 3.63) is 102 Å². The topological polar surface area (TPSA) is 26.3 Å². The van der Waals surface area contributed by atoms with Crippen molar-refractivity contribution >= 4 is 25.4 Å². The summed E-state index contributed by atoms with van der Waals surface area (Å²) < 4.78 is 7.12. The van der Waals surface area contributed by atoms with Gasteiger partial charge in [-0.1, -0.05) is 0 Å². The molecule has 2 nitrogen and oxygen atoms in total. The molecule has 0 fully saturated rings. The van der Waals surface area contributed by atoms with Crippen LogP contribution in [-0.2, 0) is 11.2 Å². The fourth-order valence-electron chi connectivity index (χ4n) is 2.67. The summed E-state index contributed by atoms with van der Waals surface area (Å²) in [6.45, 7) is 0. The molecule has 1 atom stereocenters. The number of hydrogen-bond acceptors (Lipinski definition) is 2. The molecule has 0 heterocycles. The zero-order valence-electron chi connectivity index (χ0n) is 14.6. The second-order valence-electron chi connectivity index (χ2n) is 6.01. The van der Waals surface area contributed by atoms with E-state index in [9.17, 15) is 4.79 Å². The second-order valence-corrected chi connectivity index (χ2v) is 8.60. The minimum atomic E-state index is -0.229. The molecule has 0 saturated heterocycles. The van der Waals surface area contributed by atoms with Crippen molar-refractivity contribution in [3.63, 3.8) is 0 Å². The van der Waals surface area contributed by atoms with E-state index in [4.69, 9.17) is 4.74 Å². The molecular formula is C23H22O2Se. The standard InChI is InChI=1S/C23H22O2Se/c24-23(20-14-6-2-7-15-20)25-22(26-21-16-8-3-9-17-21)18-10-13-19-11-4-1-5-12-19/h1-9,11-12,14-17,22H,10,13,18H2. The molecule has 0 aliphatic carbocycles. The number of carbonyl (C=O) groups excluding carboxylic acids is 1. The first-order valence-electron chi connectivity index (χ1n) is 8.83. The summed E-state index contributed by atoms with van der Waals surface area (Å²) in [5.41, 5.74) is 1.94. The molecule has 3 heteroatoms. The molecule has 3 aromatic rings. The molecule has 3 aromatic carbocycles. The van der Waals surface area contributed by atoms with Crippen LogP contribution in [0.5, 0.6) is 0 Å². The molecule has 0 spiro atoms. The van der Waals surface area contributed by atoms with Gasteiger partial charge >= 0.3 is 161 Å². The molecular weight excluding hydrogens is 387 g/mol. The Kier molecular flexibility index (Phi) is 7.06. The van der Waals surface area contributed by atoms with Crippen LogP contribution in [0.25, 0.3) is 0 Å². The Hall–Kier alpha value is -2.35. The van der Waals surface area contributed by atoms with E-state index in [1.807, 2.05) is 42.5 Å². The van der Waals surface area contributed by atoms with Gasteiger partial charge in [0, 0.05) is 0 Å².